The Balaban J connectivity index is 2.47. The van der Waals surface area contributed by atoms with E-state index in [-0.39, 0.29) is 13.0 Å². The molecule has 0 aliphatic heterocycles. The lowest BCUT2D eigenvalue weighted by Gasteiger charge is -2.35. The van der Waals surface area contributed by atoms with Crippen molar-refractivity contribution in [3.05, 3.63) is 65.8 Å². The monoisotopic (exact) mass is 321 g/mol. The van der Waals surface area contributed by atoms with E-state index in [9.17, 15) is 14.9 Å². The molecule has 0 heterocycles. The number of esters is 1. The van der Waals surface area contributed by atoms with Gasteiger partial charge in [-0.05, 0) is 23.6 Å². The summed E-state index contributed by atoms with van der Waals surface area (Å²) in [6.45, 7) is 5.80. The molecule has 1 aliphatic rings. The second kappa shape index (κ2) is 7.56. The Morgan fingerprint density at radius 2 is 2.17 bits per heavy atom. The summed E-state index contributed by atoms with van der Waals surface area (Å²) in [5.74, 6) is -1.17. The van der Waals surface area contributed by atoms with Gasteiger partial charge in [-0.3, -0.25) is 9.59 Å². The van der Waals surface area contributed by atoms with Crippen LogP contribution in [-0.4, -0.2) is 18.9 Å². The molecule has 0 radical (unpaired) electrons. The normalized spacial score (nSPS) is 23.4. The largest absolute Gasteiger partial charge is 0.465 e. The predicted octanol–water partition coefficient (Wildman–Crippen LogP) is 3.47. The van der Waals surface area contributed by atoms with Gasteiger partial charge in [-0.25, -0.2) is 0 Å². The van der Waals surface area contributed by atoms with E-state index in [2.05, 4.69) is 12.6 Å². The van der Waals surface area contributed by atoms with Crippen LogP contribution in [0.1, 0.15) is 18.9 Å². The average molecular weight is 321 g/mol. The zero-order valence-electron chi connectivity index (χ0n) is 13.6. The Morgan fingerprint density at radius 1 is 1.46 bits per heavy atom. The summed E-state index contributed by atoms with van der Waals surface area (Å²) >= 11 is 0. The highest BCUT2D eigenvalue weighted by atomic mass is 16.5. The summed E-state index contributed by atoms with van der Waals surface area (Å²) < 4.78 is 5.12. The molecule has 0 amide bonds. The first-order chi connectivity index (χ1) is 11.6. The van der Waals surface area contributed by atoms with Gasteiger partial charge < -0.3 is 4.74 Å². The van der Waals surface area contributed by atoms with E-state index in [1.54, 1.807) is 19.1 Å². The van der Waals surface area contributed by atoms with E-state index in [1.165, 1.54) is 0 Å². The predicted molar refractivity (Wildman–Crippen MR) is 91.5 cm³/mol. The molecule has 0 fully saturated rings. The lowest BCUT2D eigenvalue weighted by atomic mass is 9.65. The molecule has 0 saturated heterocycles. The summed E-state index contributed by atoms with van der Waals surface area (Å²) in [4.78, 5) is 23.7. The van der Waals surface area contributed by atoms with Gasteiger partial charge >= 0.3 is 5.97 Å². The number of rotatable bonds is 5. The molecule has 0 bridgehead atoms. The highest BCUT2D eigenvalue weighted by Gasteiger charge is 2.50. The number of allylic oxidation sites excluding steroid dienone is 4. The Bertz CT molecular complexity index is 740. The Hall–Kier alpha value is -2.93. The zero-order valence-corrected chi connectivity index (χ0v) is 13.6. The van der Waals surface area contributed by atoms with Gasteiger partial charge in [0.2, 0.25) is 0 Å². The standard InChI is InChI=1S/C20H19NO3/c1-3-24-19(23)20(14-21)12-17(13-22)11-15(2)18(20)10-9-16-7-5-4-6-8-16/h4-11,13,18H,2-3,12H2,1H3/b10-9+/t18-,20-/m0/s1. The van der Waals surface area contributed by atoms with Crippen LogP contribution in [0.2, 0.25) is 0 Å². The fraction of sp³-hybridized carbons (Fsp3) is 0.250. The first-order valence-corrected chi connectivity index (χ1v) is 7.73. The molecule has 4 heteroatoms. The Kier molecular flexibility index (Phi) is 5.49. The molecule has 0 aromatic heterocycles. The summed E-state index contributed by atoms with van der Waals surface area (Å²) in [5.41, 5.74) is 0.402. The molecule has 1 aromatic rings. The summed E-state index contributed by atoms with van der Waals surface area (Å²) in [6, 6.07) is 11.7. The second-order valence-electron chi connectivity index (χ2n) is 5.64. The quantitative estimate of drug-likeness (QED) is 0.615. The highest BCUT2D eigenvalue weighted by molar-refractivity contribution is 5.87. The number of hydrogen-bond donors (Lipinski definition) is 0. The van der Waals surface area contributed by atoms with Crippen LogP contribution >= 0.6 is 0 Å². The van der Waals surface area contributed by atoms with Crippen molar-refractivity contribution in [1.29, 1.82) is 5.26 Å². The van der Waals surface area contributed by atoms with Gasteiger partial charge in [-0.15, -0.1) is 0 Å². The second-order valence-corrected chi connectivity index (χ2v) is 5.64. The average Bonchev–Trinajstić information content (AvgIpc) is 2.61. The van der Waals surface area contributed by atoms with Crippen LogP contribution < -0.4 is 0 Å². The minimum absolute atomic E-state index is 0.0225. The van der Waals surface area contributed by atoms with Crippen LogP contribution in [0.25, 0.3) is 6.08 Å². The van der Waals surface area contributed by atoms with Crippen LogP contribution in [0.3, 0.4) is 0 Å². The van der Waals surface area contributed by atoms with Gasteiger partial charge in [-0.1, -0.05) is 55.1 Å². The molecule has 0 unspecified atom stereocenters. The minimum atomic E-state index is -1.47. The molecular weight excluding hydrogens is 302 g/mol. The fourth-order valence-electron chi connectivity index (χ4n) is 2.88. The molecule has 122 valence electrons. The van der Waals surface area contributed by atoms with Crippen molar-refractivity contribution in [3.8, 4) is 6.07 Å². The van der Waals surface area contributed by atoms with Gasteiger partial charge in [0.15, 0.2) is 5.41 Å². The van der Waals surface area contributed by atoms with Crippen LogP contribution in [0.5, 0.6) is 0 Å². The van der Waals surface area contributed by atoms with Crippen molar-refractivity contribution in [2.45, 2.75) is 13.3 Å². The highest BCUT2D eigenvalue weighted by Crippen LogP contribution is 2.44. The Labute approximate surface area is 141 Å². The summed E-state index contributed by atoms with van der Waals surface area (Å²) in [7, 11) is 0. The van der Waals surface area contributed by atoms with Gasteiger partial charge in [0.05, 0.1) is 12.7 Å². The van der Waals surface area contributed by atoms with Crippen molar-refractivity contribution >= 4 is 18.3 Å². The van der Waals surface area contributed by atoms with Crippen molar-refractivity contribution in [3.63, 3.8) is 0 Å². The molecule has 24 heavy (non-hydrogen) atoms. The van der Waals surface area contributed by atoms with E-state index in [4.69, 9.17) is 4.74 Å². The number of carbonyl (C=O) groups is 2. The summed E-state index contributed by atoms with van der Waals surface area (Å²) in [5, 5.41) is 9.77. The van der Waals surface area contributed by atoms with E-state index in [0.717, 1.165) is 5.56 Å². The molecule has 1 aromatic carbocycles. The van der Waals surface area contributed by atoms with E-state index in [1.807, 2.05) is 36.4 Å². The SMILES string of the molecule is C=C1C=C(C=O)C[C@@](C#N)(C(=O)OCC)[C@H]1/C=C/c1ccccc1. The van der Waals surface area contributed by atoms with Crippen molar-refractivity contribution < 1.29 is 14.3 Å². The van der Waals surface area contributed by atoms with Crippen LogP contribution in [-0.2, 0) is 14.3 Å². The van der Waals surface area contributed by atoms with Crippen molar-refractivity contribution in [2.75, 3.05) is 6.61 Å². The van der Waals surface area contributed by atoms with Crippen LogP contribution in [0.15, 0.2) is 60.2 Å². The first-order valence-electron chi connectivity index (χ1n) is 7.73. The first kappa shape index (κ1) is 17.4. The lowest BCUT2D eigenvalue weighted by Crippen LogP contribution is -2.41. The topological polar surface area (TPSA) is 67.2 Å². The van der Waals surface area contributed by atoms with E-state index < -0.39 is 17.3 Å². The number of nitrogens with zero attached hydrogens (tertiary/aromatic N) is 1. The molecule has 0 N–H and O–H groups in total. The molecule has 2 atom stereocenters. The van der Waals surface area contributed by atoms with Gasteiger partial charge in [0.1, 0.15) is 6.29 Å². The lowest BCUT2D eigenvalue weighted by molar-refractivity contribution is -0.153. The van der Waals surface area contributed by atoms with Crippen LogP contribution in [0, 0.1) is 22.7 Å². The molecule has 0 spiro atoms. The van der Waals surface area contributed by atoms with Gasteiger partial charge in [-0.2, -0.15) is 5.26 Å². The summed E-state index contributed by atoms with van der Waals surface area (Å²) in [6.07, 6.45) is 5.96. The number of hydrogen-bond acceptors (Lipinski definition) is 4. The number of benzene rings is 1. The van der Waals surface area contributed by atoms with Crippen molar-refractivity contribution in [2.24, 2.45) is 11.3 Å². The van der Waals surface area contributed by atoms with E-state index >= 15 is 0 Å². The molecule has 2 rings (SSSR count). The molecule has 4 nitrogen and oxygen atoms in total. The molecule has 0 saturated carbocycles. The zero-order chi connectivity index (χ0) is 17.6. The smallest absolute Gasteiger partial charge is 0.327 e. The number of nitriles is 1. The number of ether oxygens (including phenoxy) is 1. The maximum absolute atomic E-state index is 12.5. The van der Waals surface area contributed by atoms with Gasteiger partial charge in [0.25, 0.3) is 0 Å². The Morgan fingerprint density at radius 3 is 2.75 bits per heavy atom. The van der Waals surface area contributed by atoms with Crippen LogP contribution in [0.4, 0.5) is 0 Å². The number of aldehydes is 1. The number of carbonyl (C=O) groups excluding carboxylic acids is 2. The third-order valence-corrected chi connectivity index (χ3v) is 4.06. The molecule has 1 aliphatic carbocycles. The maximum Gasteiger partial charge on any atom is 0.327 e. The minimum Gasteiger partial charge on any atom is -0.465 e. The van der Waals surface area contributed by atoms with Gasteiger partial charge in [0, 0.05) is 12.3 Å². The third-order valence-electron chi connectivity index (χ3n) is 4.06. The molecular formula is C20H19NO3. The fourth-order valence-corrected chi connectivity index (χ4v) is 2.88. The van der Waals surface area contributed by atoms with Crippen molar-refractivity contribution in [1.82, 2.24) is 0 Å². The third kappa shape index (κ3) is 3.36. The maximum atomic E-state index is 12.5. The van der Waals surface area contributed by atoms with E-state index in [0.29, 0.717) is 17.4 Å².